The highest BCUT2D eigenvalue weighted by atomic mass is 16.6. The molecular formula is C27H31NO5. The molecule has 0 fully saturated rings. The molecule has 0 saturated carbocycles. The van der Waals surface area contributed by atoms with Crippen molar-refractivity contribution in [2.75, 3.05) is 6.61 Å². The molecule has 0 radical (unpaired) electrons. The Kier molecular flexibility index (Phi) is 7.59. The lowest BCUT2D eigenvalue weighted by molar-refractivity contribution is 0.0539. The molecule has 1 aromatic heterocycles. The number of para-hydroxylation sites is 1. The van der Waals surface area contributed by atoms with Gasteiger partial charge in [0.1, 0.15) is 22.7 Å². The zero-order valence-electron chi connectivity index (χ0n) is 19.9. The minimum Gasteiger partial charge on any atom is -0.493 e. The Hall–Kier alpha value is -3.54. The maximum Gasteiger partial charge on any atom is 0.418 e. The number of ether oxygens (including phenoxy) is 3. The second kappa shape index (κ2) is 10.4. The number of unbranched alkanes of at least 4 members (excludes halogenated alkanes) is 1. The van der Waals surface area contributed by atoms with Gasteiger partial charge in [-0.05, 0) is 76.1 Å². The summed E-state index contributed by atoms with van der Waals surface area (Å²) in [6, 6.07) is 16.2. The fraction of sp³-hybridized carbons (Fsp3) is 0.333. The normalized spacial score (nSPS) is 11.2. The molecule has 33 heavy (non-hydrogen) atoms. The molecule has 0 saturated heterocycles. The molecule has 0 aliphatic carbocycles. The van der Waals surface area contributed by atoms with Gasteiger partial charge in [-0.1, -0.05) is 31.5 Å². The van der Waals surface area contributed by atoms with E-state index in [0.717, 1.165) is 18.4 Å². The van der Waals surface area contributed by atoms with E-state index in [0.29, 0.717) is 34.9 Å². The van der Waals surface area contributed by atoms with Crippen LogP contribution in [0.4, 0.5) is 4.79 Å². The van der Waals surface area contributed by atoms with Crippen LogP contribution < -0.4 is 9.47 Å². The summed E-state index contributed by atoms with van der Waals surface area (Å²) in [5.74, 6) is 0.403. The van der Waals surface area contributed by atoms with Crippen molar-refractivity contribution in [2.45, 2.75) is 53.1 Å². The van der Waals surface area contributed by atoms with E-state index < -0.39 is 17.7 Å². The van der Waals surface area contributed by atoms with Crippen molar-refractivity contribution in [1.29, 1.82) is 0 Å². The maximum atomic E-state index is 13.0. The monoisotopic (exact) mass is 449 g/mol. The van der Waals surface area contributed by atoms with E-state index >= 15 is 0 Å². The Labute approximate surface area is 195 Å². The fourth-order valence-electron chi connectivity index (χ4n) is 3.34. The average molecular weight is 450 g/mol. The molecule has 1 heterocycles. The van der Waals surface area contributed by atoms with Crippen LogP contribution in [0.5, 0.6) is 11.5 Å². The van der Waals surface area contributed by atoms with E-state index in [4.69, 9.17) is 14.2 Å². The third kappa shape index (κ3) is 6.25. The minimum absolute atomic E-state index is 0.370. The van der Waals surface area contributed by atoms with Crippen molar-refractivity contribution in [2.24, 2.45) is 0 Å². The van der Waals surface area contributed by atoms with E-state index in [1.165, 1.54) is 4.57 Å². The first-order chi connectivity index (χ1) is 15.7. The third-order valence-corrected chi connectivity index (χ3v) is 4.85. The molecule has 0 N–H and O–H groups in total. The molecule has 0 unspecified atom stereocenters. The number of nitrogens with zero attached hydrogens (tertiary/aromatic N) is 1. The summed E-state index contributed by atoms with van der Waals surface area (Å²) in [5.41, 5.74) is 1.83. The lowest BCUT2D eigenvalue weighted by atomic mass is 10.0. The smallest absolute Gasteiger partial charge is 0.418 e. The summed E-state index contributed by atoms with van der Waals surface area (Å²) in [4.78, 5) is 25.7. The lowest BCUT2D eigenvalue weighted by Gasteiger charge is -2.21. The number of rotatable bonds is 7. The molecule has 0 aliphatic heterocycles. The molecule has 0 spiro atoms. The molecule has 0 bridgehead atoms. The number of hydrogen-bond donors (Lipinski definition) is 0. The van der Waals surface area contributed by atoms with Gasteiger partial charge < -0.3 is 14.2 Å². The van der Waals surface area contributed by atoms with E-state index in [1.54, 1.807) is 30.5 Å². The van der Waals surface area contributed by atoms with Crippen molar-refractivity contribution >= 4 is 12.1 Å². The topological polar surface area (TPSA) is 66.8 Å². The molecule has 0 aliphatic rings. The largest absolute Gasteiger partial charge is 0.493 e. The van der Waals surface area contributed by atoms with Crippen LogP contribution in [0.1, 0.15) is 56.5 Å². The van der Waals surface area contributed by atoms with Crippen LogP contribution in [0.15, 0.2) is 60.8 Å². The van der Waals surface area contributed by atoms with Crippen LogP contribution >= 0.6 is 0 Å². The van der Waals surface area contributed by atoms with Gasteiger partial charge in [0.15, 0.2) is 0 Å². The highest BCUT2D eigenvalue weighted by Gasteiger charge is 2.23. The van der Waals surface area contributed by atoms with E-state index in [2.05, 4.69) is 6.92 Å². The summed E-state index contributed by atoms with van der Waals surface area (Å²) < 4.78 is 18.6. The Balaban J connectivity index is 2.00. The van der Waals surface area contributed by atoms with Gasteiger partial charge >= 0.3 is 12.1 Å². The first-order valence-electron chi connectivity index (χ1n) is 11.2. The first kappa shape index (κ1) is 24.1. The highest BCUT2D eigenvalue weighted by Crippen LogP contribution is 2.32. The number of aromatic nitrogens is 1. The minimum atomic E-state index is -0.617. The van der Waals surface area contributed by atoms with Gasteiger partial charge in [0.05, 0.1) is 12.3 Å². The maximum absolute atomic E-state index is 13.0. The molecule has 0 amide bonds. The van der Waals surface area contributed by atoms with Crippen molar-refractivity contribution in [3.63, 3.8) is 0 Å². The molecule has 3 rings (SSSR count). The lowest BCUT2D eigenvalue weighted by Crippen LogP contribution is -2.27. The standard InChI is InChI=1S/C27H31NO5/c1-6-7-16-31-23-18-20(22-14-11-15-28(22)26(30)33-27(3,4)5)17-19(2)24(23)25(29)32-21-12-9-8-10-13-21/h8-15,17-18H,6-7,16H2,1-5H3. The van der Waals surface area contributed by atoms with Gasteiger partial charge in [-0.3, -0.25) is 4.57 Å². The van der Waals surface area contributed by atoms with Gasteiger partial charge in [0.2, 0.25) is 0 Å². The van der Waals surface area contributed by atoms with Crippen LogP contribution in [0.25, 0.3) is 11.3 Å². The first-order valence-corrected chi connectivity index (χ1v) is 11.2. The van der Waals surface area contributed by atoms with Gasteiger partial charge in [-0.2, -0.15) is 0 Å². The summed E-state index contributed by atoms with van der Waals surface area (Å²) in [5, 5.41) is 0. The van der Waals surface area contributed by atoms with E-state index in [1.807, 2.05) is 58.0 Å². The fourth-order valence-corrected chi connectivity index (χ4v) is 3.34. The molecular weight excluding hydrogens is 418 g/mol. The van der Waals surface area contributed by atoms with Crippen LogP contribution in [0, 0.1) is 6.92 Å². The summed E-state index contributed by atoms with van der Waals surface area (Å²) in [6.07, 6.45) is 3.00. The summed E-state index contributed by atoms with van der Waals surface area (Å²) in [6.45, 7) is 9.85. The predicted octanol–water partition coefficient (Wildman–Crippen LogP) is 6.64. The number of carbonyl (C=O) groups is 2. The van der Waals surface area contributed by atoms with Crippen molar-refractivity contribution < 1.29 is 23.8 Å². The Morgan fingerprint density at radius 2 is 1.73 bits per heavy atom. The molecule has 3 aromatic rings. The number of esters is 1. The second-order valence-electron chi connectivity index (χ2n) is 8.81. The highest BCUT2D eigenvalue weighted by molar-refractivity contribution is 5.96. The zero-order valence-corrected chi connectivity index (χ0v) is 19.9. The number of aryl methyl sites for hydroxylation is 1. The van der Waals surface area contributed by atoms with Crippen LogP contribution in [0.3, 0.4) is 0 Å². The third-order valence-electron chi connectivity index (χ3n) is 4.85. The molecule has 174 valence electrons. The van der Waals surface area contributed by atoms with Crippen LogP contribution in [0.2, 0.25) is 0 Å². The van der Waals surface area contributed by atoms with E-state index in [9.17, 15) is 9.59 Å². The molecule has 6 heteroatoms. The summed E-state index contributed by atoms with van der Waals surface area (Å²) >= 11 is 0. The van der Waals surface area contributed by atoms with E-state index in [-0.39, 0.29) is 0 Å². The quantitative estimate of drug-likeness (QED) is 0.230. The van der Waals surface area contributed by atoms with Crippen molar-refractivity contribution in [3.05, 3.63) is 71.9 Å². The zero-order chi connectivity index (χ0) is 24.0. The van der Waals surface area contributed by atoms with Gasteiger partial charge in [0, 0.05) is 11.8 Å². The molecule has 2 aromatic carbocycles. The van der Waals surface area contributed by atoms with Crippen LogP contribution in [-0.2, 0) is 4.74 Å². The summed E-state index contributed by atoms with van der Waals surface area (Å²) in [7, 11) is 0. The average Bonchev–Trinajstić information content (AvgIpc) is 3.23. The Morgan fingerprint density at radius 1 is 1.00 bits per heavy atom. The molecule has 0 atom stereocenters. The van der Waals surface area contributed by atoms with Gasteiger partial charge in [-0.25, -0.2) is 9.59 Å². The van der Waals surface area contributed by atoms with Gasteiger partial charge in [0.25, 0.3) is 0 Å². The number of carbonyl (C=O) groups excluding carboxylic acids is 2. The van der Waals surface area contributed by atoms with Gasteiger partial charge in [-0.15, -0.1) is 0 Å². The second-order valence-corrected chi connectivity index (χ2v) is 8.81. The Morgan fingerprint density at radius 3 is 2.39 bits per heavy atom. The SMILES string of the molecule is CCCCOc1cc(-c2cccn2C(=O)OC(C)(C)C)cc(C)c1C(=O)Oc1ccccc1. The van der Waals surface area contributed by atoms with Crippen molar-refractivity contribution in [1.82, 2.24) is 4.57 Å². The number of benzene rings is 2. The van der Waals surface area contributed by atoms with Crippen molar-refractivity contribution in [3.8, 4) is 22.8 Å². The predicted molar refractivity (Wildman–Crippen MR) is 128 cm³/mol. The molecule has 6 nitrogen and oxygen atoms in total. The number of hydrogen-bond acceptors (Lipinski definition) is 5. The Bertz CT molecular complexity index is 1110. The van der Waals surface area contributed by atoms with Crippen LogP contribution in [-0.4, -0.2) is 28.8 Å².